The van der Waals surface area contributed by atoms with E-state index in [1.807, 2.05) is 6.08 Å². The number of amides is 1. The molecule has 2 unspecified atom stereocenters. The zero-order valence-corrected chi connectivity index (χ0v) is 46.0. The van der Waals surface area contributed by atoms with Gasteiger partial charge >= 0.3 is 0 Å². The van der Waals surface area contributed by atoms with Crippen LogP contribution in [0.1, 0.15) is 271 Å². The average molecular weight is 969 g/mol. The van der Waals surface area contributed by atoms with Crippen molar-refractivity contribution >= 4 is 5.91 Å². The number of aliphatic hydroxyl groups is 2. The van der Waals surface area contributed by atoms with Crippen LogP contribution in [0.3, 0.4) is 0 Å². The number of unbranched alkanes of at least 4 members (excludes halogenated alkanes) is 28. The lowest BCUT2D eigenvalue weighted by Crippen LogP contribution is -2.45. The second-order valence-corrected chi connectivity index (χ2v) is 19.7. The molecule has 0 saturated carbocycles. The summed E-state index contributed by atoms with van der Waals surface area (Å²) in [7, 11) is 0. The molecule has 4 nitrogen and oxygen atoms in total. The maximum atomic E-state index is 12.5. The highest BCUT2D eigenvalue weighted by Crippen LogP contribution is 2.16. The van der Waals surface area contributed by atoms with Gasteiger partial charge in [-0.2, -0.15) is 0 Å². The molecule has 0 aliphatic rings. The first-order valence-corrected chi connectivity index (χ1v) is 29.7. The third-order valence-electron chi connectivity index (χ3n) is 13.0. The third-order valence-corrected chi connectivity index (χ3v) is 13.0. The summed E-state index contributed by atoms with van der Waals surface area (Å²) < 4.78 is 0. The Labute approximate surface area is 435 Å². The van der Waals surface area contributed by atoms with Crippen LogP contribution in [0.5, 0.6) is 0 Å². The fraction of sp³-hybridized carbons (Fsp3) is 0.682. The molecule has 0 aromatic carbocycles. The zero-order valence-electron chi connectivity index (χ0n) is 46.0. The van der Waals surface area contributed by atoms with Crippen LogP contribution in [0.25, 0.3) is 0 Å². The predicted molar refractivity (Wildman–Crippen MR) is 312 cm³/mol. The topological polar surface area (TPSA) is 69.6 Å². The van der Waals surface area contributed by atoms with Gasteiger partial charge in [-0.25, -0.2) is 0 Å². The number of rotatable bonds is 53. The zero-order chi connectivity index (χ0) is 50.6. The summed E-state index contributed by atoms with van der Waals surface area (Å²) in [6.45, 7) is 4.20. The summed E-state index contributed by atoms with van der Waals surface area (Å²) >= 11 is 0. The van der Waals surface area contributed by atoms with Crippen LogP contribution in [0, 0.1) is 0 Å². The van der Waals surface area contributed by atoms with E-state index >= 15 is 0 Å². The SMILES string of the molecule is CC/C=C\C/C=C\C/C=C\C/C=C\C/C=C\C/C=C\C/C=C\C/C=C\C/C=C\CCCCCCCCCCCC(=O)NC(CO)C(O)/C=C/CCCCCCCCCCCCCCCCCCCCC. The third kappa shape index (κ3) is 55.7. The van der Waals surface area contributed by atoms with E-state index in [-0.39, 0.29) is 12.5 Å². The minimum absolute atomic E-state index is 0.0732. The second-order valence-electron chi connectivity index (χ2n) is 19.7. The van der Waals surface area contributed by atoms with Crippen LogP contribution in [0.15, 0.2) is 122 Å². The number of allylic oxidation sites excluding steroid dienone is 19. The fourth-order valence-corrected chi connectivity index (χ4v) is 8.47. The van der Waals surface area contributed by atoms with Gasteiger partial charge in [0, 0.05) is 6.42 Å². The Morgan fingerprint density at radius 1 is 0.357 bits per heavy atom. The molecule has 0 aliphatic heterocycles. The highest BCUT2D eigenvalue weighted by atomic mass is 16.3. The van der Waals surface area contributed by atoms with Crippen LogP contribution in [0.2, 0.25) is 0 Å². The largest absolute Gasteiger partial charge is 0.394 e. The molecule has 0 heterocycles. The molecule has 0 spiro atoms. The van der Waals surface area contributed by atoms with Crippen molar-refractivity contribution in [3.63, 3.8) is 0 Å². The number of hydrogen-bond acceptors (Lipinski definition) is 3. The first-order valence-electron chi connectivity index (χ1n) is 29.7. The summed E-state index contributed by atoms with van der Waals surface area (Å²) in [5.41, 5.74) is 0. The van der Waals surface area contributed by atoms with E-state index in [0.29, 0.717) is 6.42 Å². The molecule has 2 atom stereocenters. The molecule has 0 aromatic rings. The molecule has 0 aliphatic carbocycles. The molecule has 0 aromatic heterocycles. The van der Waals surface area contributed by atoms with Gasteiger partial charge in [-0.05, 0) is 89.9 Å². The van der Waals surface area contributed by atoms with Gasteiger partial charge in [0.1, 0.15) is 0 Å². The van der Waals surface area contributed by atoms with Crippen LogP contribution in [0.4, 0.5) is 0 Å². The fourth-order valence-electron chi connectivity index (χ4n) is 8.47. The normalized spacial score (nSPS) is 13.7. The lowest BCUT2D eigenvalue weighted by molar-refractivity contribution is -0.123. The molecule has 0 saturated heterocycles. The molecular formula is C66H113NO3. The summed E-state index contributed by atoms with van der Waals surface area (Å²) in [4.78, 5) is 12.5. The summed E-state index contributed by atoms with van der Waals surface area (Å²) in [5, 5.41) is 23.2. The van der Waals surface area contributed by atoms with Gasteiger partial charge < -0.3 is 15.5 Å². The van der Waals surface area contributed by atoms with Gasteiger partial charge in [-0.3, -0.25) is 4.79 Å². The monoisotopic (exact) mass is 968 g/mol. The molecule has 400 valence electrons. The van der Waals surface area contributed by atoms with E-state index in [1.54, 1.807) is 6.08 Å². The maximum absolute atomic E-state index is 12.5. The van der Waals surface area contributed by atoms with Crippen molar-refractivity contribution in [2.75, 3.05) is 6.61 Å². The lowest BCUT2D eigenvalue weighted by Gasteiger charge is -2.20. The van der Waals surface area contributed by atoms with Crippen LogP contribution < -0.4 is 5.32 Å². The number of carbonyl (C=O) groups excluding carboxylic acids is 1. The van der Waals surface area contributed by atoms with Crippen LogP contribution in [-0.4, -0.2) is 34.9 Å². The quantitative estimate of drug-likeness (QED) is 0.0420. The first kappa shape index (κ1) is 66.8. The van der Waals surface area contributed by atoms with Crippen LogP contribution in [-0.2, 0) is 4.79 Å². The van der Waals surface area contributed by atoms with Crippen molar-refractivity contribution in [1.29, 1.82) is 0 Å². The Bertz CT molecular complexity index is 1380. The molecule has 3 N–H and O–H groups in total. The van der Waals surface area contributed by atoms with E-state index < -0.39 is 12.1 Å². The number of nitrogens with one attached hydrogen (secondary N) is 1. The molecule has 0 fully saturated rings. The van der Waals surface area contributed by atoms with E-state index in [4.69, 9.17) is 0 Å². The molecule has 0 rings (SSSR count). The van der Waals surface area contributed by atoms with Gasteiger partial charge in [0.15, 0.2) is 0 Å². The van der Waals surface area contributed by atoms with Gasteiger partial charge in [0.25, 0.3) is 0 Å². The Balaban J connectivity index is 3.60. The minimum Gasteiger partial charge on any atom is -0.394 e. The lowest BCUT2D eigenvalue weighted by atomic mass is 10.0. The van der Waals surface area contributed by atoms with E-state index in [1.165, 1.54) is 161 Å². The Morgan fingerprint density at radius 2 is 0.629 bits per heavy atom. The maximum Gasteiger partial charge on any atom is 0.220 e. The van der Waals surface area contributed by atoms with Gasteiger partial charge in [-0.1, -0.05) is 296 Å². The number of aliphatic hydroxyl groups excluding tert-OH is 2. The Morgan fingerprint density at radius 3 is 0.943 bits per heavy atom. The molecular weight excluding hydrogens is 855 g/mol. The summed E-state index contributed by atoms with van der Waals surface area (Å²) in [6.07, 6.45) is 92.2. The summed E-state index contributed by atoms with van der Waals surface area (Å²) in [6, 6.07) is -0.634. The molecule has 0 radical (unpaired) electrons. The standard InChI is InChI=1S/C66H113NO3/c1-3-5-7-9-11-13-15-17-19-21-23-25-26-27-28-29-30-31-32-33-34-35-36-37-38-39-40-42-44-46-48-50-52-54-56-58-60-62-66(70)67-64(63-68)65(69)61-59-57-55-53-51-49-47-45-43-41-24-22-20-18-16-14-12-10-8-6-4-2/h5,7,11,13,17,19,23,25,27-28,30-31,33-34,36-37,39-40,59,61,64-65,68-69H,3-4,6,8-10,12,14-16,18,20-22,24,26,29,32,35,38,41-58,60,62-63H2,1-2H3,(H,67,70)/b7-5-,13-11-,19-17-,25-23-,28-27-,31-30-,34-33-,37-36-,40-39-,61-59+. The smallest absolute Gasteiger partial charge is 0.220 e. The number of hydrogen-bond donors (Lipinski definition) is 3. The summed E-state index contributed by atoms with van der Waals surface area (Å²) in [5.74, 6) is -0.0732. The van der Waals surface area contributed by atoms with E-state index in [0.717, 1.165) is 89.9 Å². The molecule has 4 heteroatoms. The Kier molecular flexibility index (Phi) is 57.3. The Hall–Kier alpha value is -3.21. The van der Waals surface area contributed by atoms with Crippen molar-refractivity contribution < 1.29 is 15.0 Å². The molecule has 0 bridgehead atoms. The predicted octanol–water partition coefficient (Wildman–Crippen LogP) is 20.0. The van der Waals surface area contributed by atoms with Crippen molar-refractivity contribution in [2.24, 2.45) is 0 Å². The van der Waals surface area contributed by atoms with Crippen molar-refractivity contribution in [1.82, 2.24) is 5.32 Å². The highest BCUT2D eigenvalue weighted by molar-refractivity contribution is 5.76. The average Bonchev–Trinajstić information content (AvgIpc) is 3.36. The van der Waals surface area contributed by atoms with Crippen molar-refractivity contribution in [3.8, 4) is 0 Å². The second kappa shape index (κ2) is 60.1. The number of carbonyl (C=O) groups is 1. The van der Waals surface area contributed by atoms with Crippen molar-refractivity contribution in [3.05, 3.63) is 122 Å². The van der Waals surface area contributed by atoms with Crippen LogP contribution >= 0.6 is 0 Å². The highest BCUT2D eigenvalue weighted by Gasteiger charge is 2.18. The first-order chi connectivity index (χ1) is 34.7. The van der Waals surface area contributed by atoms with E-state index in [2.05, 4.69) is 129 Å². The minimum atomic E-state index is -0.850. The van der Waals surface area contributed by atoms with Gasteiger partial charge in [-0.15, -0.1) is 0 Å². The molecule has 1 amide bonds. The van der Waals surface area contributed by atoms with Gasteiger partial charge in [0.05, 0.1) is 18.8 Å². The van der Waals surface area contributed by atoms with E-state index in [9.17, 15) is 15.0 Å². The van der Waals surface area contributed by atoms with Crippen molar-refractivity contribution in [2.45, 2.75) is 283 Å². The molecule has 70 heavy (non-hydrogen) atoms. The van der Waals surface area contributed by atoms with Gasteiger partial charge in [0.2, 0.25) is 5.91 Å².